The number of hydrogen-bond donors (Lipinski definition) is 2. The first-order valence-electron chi connectivity index (χ1n) is 4.93. The number of aliphatic hydroxyl groups is 1. The summed E-state index contributed by atoms with van der Waals surface area (Å²) in [6.45, 7) is 4.19. The Morgan fingerprint density at radius 1 is 1.57 bits per heavy atom. The Morgan fingerprint density at radius 2 is 2.21 bits per heavy atom. The van der Waals surface area contributed by atoms with Crippen LogP contribution in [0.1, 0.15) is 31.9 Å². The quantitative estimate of drug-likeness (QED) is 0.751. The van der Waals surface area contributed by atoms with Crippen LogP contribution in [-0.4, -0.2) is 20.9 Å². The van der Waals surface area contributed by atoms with Gasteiger partial charge >= 0.3 is 0 Å². The zero-order valence-corrected chi connectivity index (χ0v) is 9.01. The lowest BCUT2D eigenvalue weighted by Crippen LogP contribution is -2.29. The molecule has 2 unspecified atom stereocenters. The van der Waals surface area contributed by atoms with E-state index in [0.717, 1.165) is 12.0 Å². The van der Waals surface area contributed by atoms with Crippen LogP contribution in [0, 0.1) is 5.92 Å². The fraction of sp³-hybridized carbons (Fsp3) is 0.700. The Kier molecular flexibility index (Phi) is 3.66. The van der Waals surface area contributed by atoms with Crippen molar-refractivity contribution in [3.63, 3.8) is 0 Å². The molecule has 80 valence electrons. The molecule has 0 fully saturated rings. The topological polar surface area (TPSA) is 64.1 Å². The Labute approximate surface area is 84.7 Å². The largest absolute Gasteiger partial charge is 0.387 e. The molecule has 0 aromatic carbocycles. The van der Waals surface area contributed by atoms with Crippen LogP contribution in [0.15, 0.2) is 12.4 Å². The highest BCUT2D eigenvalue weighted by Gasteiger charge is 2.18. The van der Waals surface area contributed by atoms with Crippen molar-refractivity contribution in [2.24, 2.45) is 18.7 Å². The maximum Gasteiger partial charge on any atom is 0.0971 e. The maximum absolute atomic E-state index is 9.87. The summed E-state index contributed by atoms with van der Waals surface area (Å²) in [5.41, 5.74) is 6.66. The predicted molar refractivity (Wildman–Crippen MR) is 55.6 cm³/mol. The molecule has 1 aromatic rings. The predicted octanol–water partition coefficient (Wildman–Crippen LogP) is 0.827. The molecule has 0 saturated carbocycles. The molecule has 4 heteroatoms. The Morgan fingerprint density at radius 3 is 2.64 bits per heavy atom. The highest BCUT2D eigenvalue weighted by atomic mass is 16.3. The van der Waals surface area contributed by atoms with Crippen LogP contribution in [0.4, 0.5) is 0 Å². The normalized spacial score (nSPS) is 15.9. The molecule has 14 heavy (non-hydrogen) atoms. The van der Waals surface area contributed by atoms with Gasteiger partial charge in [-0.2, -0.15) is 5.10 Å². The highest BCUT2D eigenvalue weighted by molar-refractivity contribution is 5.10. The zero-order valence-electron chi connectivity index (χ0n) is 9.01. The number of rotatable bonds is 4. The smallest absolute Gasteiger partial charge is 0.0971 e. The molecule has 0 amide bonds. The molecule has 1 rings (SSSR count). The van der Waals surface area contributed by atoms with E-state index in [1.165, 1.54) is 0 Å². The van der Waals surface area contributed by atoms with Gasteiger partial charge in [-0.1, -0.05) is 13.8 Å². The van der Waals surface area contributed by atoms with E-state index in [0.29, 0.717) is 5.92 Å². The van der Waals surface area contributed by atoms with E-state index in [9.17, 15) is 5.11 Å². The van der Waals surface area contributed by atoms with Crippen LogP contribution in [0.2, 0.25) is 0 Å². The molecule has 0 saturated heterocycles. The molecule has 0 bridgehead atoms. The average molecular weight is 197 g/mol. The van der Waals surface area contributed by atoms with Gasteiger partial charge in [0.2, 0.25) is 0 Å². The van der Waals surface area contributed by atoms with E-state index in [-0.39, 0.29) is 6.04 Å². The van der Waals surface area contributed by atoms with Gasteiger partial charge < -0.3 is 10.8 Å². The van der Waals surface area contributed by atoms with Crippen LogP contribution in [0.3, 0.4) is 0 Å². The van der Waals surface area contributed by atoms with Gasteiger partial charge in [0.15, 0.2) is 0 Å². The molecular formula is C10H19N3O. The third-order valence-corrected chi connectivity index (χ3v) is 2.22. The van der Waals surface area contributed by atoms with Crippen molar-refractivity contribution in [3.05, 3.63) is 18.0 Å². The number of aliphatic hydroxyl groups excluding tert-OH is 1. The average Bonchev–Trinajstić information content (AvgIpc) is 2.49. The fourth-order valence-electron chi connectivity index (χ4n) is 1.51. The van der Waals surface area contributed by atoms with Gasteiger partial charge in [0.1, 0.15) is 0 Å². The van der Waals surface area contributed by atoms with Gasteiger partial charge in [-0.25, -0.2) is 0 Å². The maximum atomic E-state index is 9.87. The Balaban J connectivity index is 2.60. The summed E-state index contributed by atoms with van der Waals surface area (Å²) in [5, 5.41) is 13.9. The third-order valence-electron chi connectivity index (χ3n) is 2.22. The van der Waals surface area contributed by atoms with Crippen LogP contribution in [0.25, 0.3) is 0 Å². The summed E-state index contributed by atoms with van der Waals surface area (Å²) in [5.74, 6) is 0.497. The van der Waals surface area contributed by atoms with E-state index < -0.39 is 6.10 Å². The summed E-state index contributed by atoms with van der Waals surface area (Å²) in [6.07, 6.45) is 3.66. The summed E-state index contributed by atoms with van der Waals surface area (Å²) >= 11 is 0. The Bertz CT molecular complexity index is 283. The molecule has 0 aliphatic heterocycles. The third kappa shape index (κ3) is 2.82. The minimum Gasteiger partial charge on any atom is -0.387 e. The van der Waals surface area contributed by atoms with Crippen molar-refractivity contribution in [3.8, 4) is 0 Å². The minimum absolute atomic E-state index is 0.209. The lowest BCUT2D eigenvalue weighted by atomic mass is 9.97. The van der Waals surface area contributed by atoms with Crippen LogP contribution >= 0.6 is 0 Å². The number of nitrogens with zero attached hydrogens (tertiary/aromatic N) is 2. The lowest BCUT2D eigenvalue weighted by Gasteiger charge is -2.19. The zero-order chi connectivity index (χ0) is 10.7. The SMILES string of the molecule is CC(C)CC(N)C(O)c1cnn(C)c1. The number of hydrogen-bond acceptors (Lipinski definition) is 3. The van der Waals surface area contributed by atoms with Gasteiger partial charge in [0.05, 0.1) is 12.3 Å². The first-order valence-corrected chi connectivity index (χ1v) is 4.93. The molecule has 4 nitrogen and oxygen atoms in total. The Hall–Kier alpha value is -0.870. The molecule has 0 aliphatic carbocycles. The first-order chi connectivity index (χ1) is 6.50. The van der Waals surface area contributed by atoms with Crippen molar-refractivity contribution < 1.29 is 5.11 Å². The molecule has 1 aromatic heterocycles. The monoisotopic (exact) mass is 197 g/mol. The van der Waals surface area contributed by atoms with Crippen LogP contribution < -0.4 is 5.73 Å². The second-order valence-electron chi connectivity index (χ2n) is 4.19. The lowest BCUT2D eigenvalue weighted by molar-refractivity contribution is 0.136. The summed E-state index contributed by atoms with van der Waals surface area (Å²) in [4.78, 5) is 0. The molecule has 0 radical (unpaired) electrons. The van der Waals surface area contributed by atoms with Crippen molar-refractivity contribution in [2.75, 3.05) is 0 Å². The van der Waals surface area contributed by atoms with Gasteiger partial charge in [-0.05, 0) is 12.3 Å². The van der Waals surface area contributed by atoms with E-state index >= 15 is 0 Å². The van der Waals surface area contributed by atoms with E-state index in [2.05, 4.69) is 18.9 Å². The van der Waals surface area contributed by atoms with Crippen molar-refractivity contribution >= 4 is 0 Å². The highest BCUT2D eigenvalue weighted by Crippen LogP contribution is 2.19. The standard InChI is InChI=1S/C10H19N3O/c1-7(2)4-9(11)10(14)8-5-12-13(3)6-8/h5-7,9-10,14H,4,11H2,1-3H3. The van der Waals surface area contributed by atoms with Gasteiger partial charge in [0, 0.05) is 24.8 Å². The minimum atomic E-state index is -0.605. The van der Waals surface area contributed by atoms with Gasteiger partial charge in [-0.15, -0.1) is 0 Å². The summed E-state index contributed by atoms with van der Waals surface area (Å²) in [6, 6.07) is -0.209. The van der Waals surface area contributed by atoms with Gasteiger partial charge in [0.25, 0.3) is 0 Å². The van der Waals surface area contributed by atoms with Crippen LogP contribution in [-0.2, 0) is 7.05 Å². The molecule has 2 atom stereocenters. The molecule has 0 spiro atoms. The number of nitrogens with two attached hydrogens (primary N) is 1. The second-order valence-corrected chi connectivity index (χ2v) is 4.19. The number of aryl methyl sites for hydroxylation is 1. The molecule has 3 N–H and O–H groups in total. The summed E-state index contributed by atoms with van der Waals surface area (Å²) < 4.78 is 1.67. The fourth-order valence-corrected chi connectivity index (χ4v) is 1.51. The second kappa shape index (κ2) is 4.57. The van der Waals surface area contributed by atoms with Crippen LogP contribution in [0.5, 0.6) is 0 Å². The molecule has 1 heterocycles. The first kappa shape index (κ1) is 11.2. The van der Waals surface area contributed by atoms with Crippen molar-refractivity contribution in [2.45, 2.75) is 32.4 Å². The van der Waals surface area contributed by atoms with E-state index in [1.54, 1.807) is 17.1 Å². The van der Waals surface area contributed by atoms with Crippen molar-refractivity contribution in [1.82, 2.24) is 9.78 Å². The molecule has 0 aliphatic rings. The molecular weight excluding hydrogens is 178 g/mol. The van der Waals surface area contributed by atoms with E-state index in [4.69, 9.17) is 5.73 Å². The van der Waals surface area contributed by atoms with Crippen molar-refractivity contribution in [1.29, 1.82) is 0 Å². The van der Waals surface area contributed by atoms with Gasteiger partial charge in [-0.3, -0.25) is 4.68 Å². The summed E-state index contributed by atoms with van der Waals surface area (Å²) in [7, 11) is 1.82. The van der Waals surface area contributed by atoms with E-state index in [1.807, 2.05) is 7.05 Å². The number of aromatic nitrogens is 2.